The molecule has 2 N–H and O–H groups in total. The summed E-state index contributed by atoms with van der Waals surface area (Å²) in [4.78, 5) is 29.0. The van der Waals surface area contributed by atoms with E-state index in [4.69, 9.17) is 16.3 Å². The lowest BCUT2D eigenvalue weighted by Gasteiger charge is -2.18. The second-order valence-corrected chi connectivity index (χ2v) is 8.53. The lowest BCUT2D eigenvalue weighted by molar-refractivity contribution is -0.120. The molecule has 8 heteroatoms. The van der Waals surface area contributed by atoms with E-state index >= 15 is 0 Å². The van der Waals surface area contributed by atoms with Gasteiger partial charge in [0, 0.05) is 21.7 Å². The van der Waals surface area contributed by atoms with E-state index in [0.29, 0.717) is 22.0 Å². The minimum atomic E-state index is -0.547. The van der Waals surface area contributed by atoms with Crippen molar-refractivity contribution in [1.29, 1.82) is 0 Å². The summed E-state index contributed by atoms with van der Waals surface area (Å²) in [6.45, 7) is 1.77. The number of nitrogens with one attached hydrogen (secondary N) is 1. The molecule has 0 atom stereocenters. The number of rotatable bonds is 6. The highest BCUT2D eigenvalue weighted by atomic mass is 35.5. The number of hydrogen-bond acceptors (Lipinski definition) is 6. The number of benzene rings is 3. The Kier molecular flexibility index (Phi) is 6.12. The molecule has 6 nitrogen and oxygen atoms in total. The van der Waals surface area contributed by atoms with Crippen LogP contribution in [0.4, 0.5) is 11.4 Å². The highest BCUT2D eigenvalue weighted by molar-refractivity contribution is 8.04. The zero-order chi connectivity index (χ0) is 22.8. The number of amides is 2. The highest BCUT2D eigenvalue weighted by Crippen LogP contribution is 2.41. The molecular formula is C24H19ClN2O4S. The van der Waals surface area contributed by atoms with Crippen LogP contribution in [0.15, 0.2) is 82.2 Å². The number of methoxy groups -OCH3 is 1. The summed E-state index contributed by atoms with van der Waals surface area (Å²) < 4.78 is 5.36. The molecule has 4 rings (SSSR count). The molecule has 1 aliphatic rings. The van der Waals surface area contributed by atoms with Crippen LogP contribution in [0, 0.1) is 6.92 Å². The Morgan fingerprint density at radius 3 is 2.44 bits per heavy atom. The highest BCUT2D eigenvalue weighted by Gasteiger charge is 2.41. The second-order valence-electron chi connectivity index (χ2n) is 7.01. The van der Waals surface area contributed by atoms with Gasteiger partial charge in [-0.2, -0.15) is 0 Å². The summed E-state index contributed by atoms with van der Waals surface area (Å²) in [6, 6.07) is 19.0. The molecule has 1 heterocycles. The third-order valence-electron chi connectivity index (χ3n) is 4.86. The smallest absolute Gasteiger partial charge is 0.283 e. The number of ether oxygens (including phenoxy) is 1. The molecule has 1 aliphatic heterocycles. The molecule has 0 saturated carbocycles. The molecule has 0 spiro atoms. The predicted octanol–water partition coefficient (Wildman–Crippen LogP) is 5.35. The van der Waals surface area contributed by atoms with Crippen LogP contribution in [0.3, 0.4) is 0 Å². The van der Waals surface area contributed by atoms with E-state index in [-0.39, 0.29) is 22.0 Å². The van der Waals surface area contributed by atoms with Gasteiger partial charge in [-0.15, -0.1) is 0 Å². The fraction of sp³-hybridized carbons (Fsp3) is 0.0833. The van der Waals surface area contributed by atoms with Gasteiger partial charge < -0.3 is 15.2 Å². The van der Waals surface area contributed by atoms with Crippen molar-refractivity contribution in [1.82, 2.24) is 0 Å². The molecule has 0 bridgehead atoms. The van der Waals surface area contributed by atoms with Crippen molar-refractivity contribution in [3.63, 3.8) is 0 Å². The van der Waals surface area contributed by atoms with Crippen LogP contribution in [0.2, 0.25) is 5.02 Å². The molecule has 2 amide bonds. The zero-order valence-electron chi connectivity index (χ0n) is 17.3. The van der Waals surface area contributed by atoms with Crippen molar-refractivity contribution in [2.45, 2.75) is 11.8 Å². The van der Waals surface area contributed by atoms with Gasteiger partial charge in [-0.25, -0.2) is 4.90 Å². The summed E-state index contributed by atoms with van der Waals surface area (Å²) in [7, 11) is 1.46. The number of imide groups is 1. The van der Waals surface area contributed by atoms with Crippen LogP contribution < -0.4 is 15.0 Å². The fourth-order valence-corrected chi connectivity index (χ4v) is 4.32. The fourth-order valence-electron chi connectivity index (χ4n) is 3.21. The number of phenols is 1. The van der Waals surface area contributed by atoms with Gasteiger partial charge in [0.15, 0.2) is 0 Å². The summed E-state index contributed by atoms with van der Waals surface area (Å²) in [6.07, 6.45) is 0. The topological polar surface area (TPSA) is 78.9 Å². The van der Waals surface area contributed by atoms with Crippen molar-refractivity contribution >= 4 is 46.6 Å². The Balaban J connectivity index is 1.79. The number of carbonyl (C=O) groups excluding carboxylic acids is 2. The number of carbonyl (C=O) groups is 2. The van der Waals surface area contributed by atoms with Gasteiger partial charge in [0.25, 0.3) is 11.8 Å². The number of thioether (sulfide) groups is 1. The lowest BCUT2D eigenvalue weighted by Crippen LogP contribution is -2.32. The molecule has 32 heavy (non-hydrogen) atoms. The lowest BCUT2D eigenvalue weighted by atomic mass is 10.2. The SMILES string of the molecule is COc1ccc(Cl)cc1N1C(=O)C(Nc2ccc(C)c(O)c2)=C(Sc2ccccc2)C1=O. The number of phenolic OH excluding ortho intramolecular Hbond substituents is 1. The third kappa shape index (κ3) is 4.17. The van der Waals surface area contributed by atoms with Crippen molar-refractivity contribution in [3.8, 4) is 11.5 Å². The molecule has 0 unspecified atom stereocenters. The number of nitrogens with zero attached hydrogens (tertiary/aromatic N) is 1. The van der Waals surface area contributed by atoms with Gasteiger partial charge in [0.2, 0.25) is 0 Å². The first-order chi connectivity index (χ1) is 15.4. The molecular weight excluding hydrogens is 448 g/mol. The molecule has 0 saturated heterocycles. The van der Waals surface area contributed by atoms with Gasteiger partial charge in [-0.3, -0.25) is 9.59 Å². The van der Waals surface area contributed by atoms with E-state index in [1.54, 1.807) is 31.2 Å². The van der Waals surface area contributed by atoms with Crippen molar-refractivity contribution < 1.29 is 19.4 Å². The average molecular weight is 467 g/mol. The number of halogens is 1. The van der Waals surface area contributed by atoms with Crippen LogP contribution in [0.1, 0.15) is 5.56 Å². The number of hydrogen-bond donors (Lipinski definition) is 2. The van der Waals surface area contributed by atoms with Crippen LogP contribution >= 0.6 is 23.4 Å². The van der Waals surface area contributed by atoms with Crippen molar-refractivity contribution in [2.24, 2.45) is 0 Å². The van der Waals surface area contributed by atoms with Gasteiger partial charge in [0.1, 0.15) is 22.1 Å². The predicted molar refractivity (Wildman–Crippen MR) is 126 cm³/mol. The Bertz CT molecular complexity index is 1240. The third-order valence-corrected chi connectivity index (χ3v) is 6.19. The Morgan fingerprint density at radius 1 is 1.00 bits per heavy atom. The molecule has 0 fully saturated rings. The van der Waals surface area contributed by atoms with Crippen LogP contribution in [0.25, 0.3) is 0 Å². The van der Waals surface area contributed by atoms with Crippen LogP contribution in [0.5, 0.6) is 11.5 Å². The van der Waals surface area contributed by atoms with E-state index in [0.717, 1.165) is 9.80 Å². The van der Waals surface area contributed by atoms with Gasteiger partial charge in [-0.05, 0) is 48.9 Å². The Labute approximate surface area is 194 Å². The zero-order valence-corrected chi connectivity index (χ0v) is 18.8. The van der Waals surface area contributed by atoms with Crippen molar-refractivity contribution in [2.75, 3.05) is 17.3 Å². The molecule has 3 aromatic carbocycles. The summed E-state index contributed by atoms with van der Waals surface area (Å²) in [5, 5.41) is 13.5. The van der Waals surface area contributed by atoms with Gasteiger partial charge >= 0.3 is 0 Å². The number of anilines is 2. The van der Waals surface area contributed by atoms with E-state index < -0.39 is 11.8 Å². The summed E-state index contributed by atoms with van der Waals surface area (Å²) in [5.74, 6) is -0.621. The summed E-state index contributed by atoms with van der Waals surface area (Å²) >= 11 is 7.33. The van der Waals surface area contributed by atoms with E-state index in [1.165, 1.54) is 31.0 Å². The van der Waals surface area contributed by atoms with E-state index in [9.17, 15) is 14.7 Å². The van der Waals surface area contributed by atoms with Gasteiger partial charge in [-0.1, -0.05) is 47.6 Å². The normalized spacial score (nSPS) is 13.7. The first-order valence-electron chi connectivity index (χ1n) is 9.65. The maximum absolute atomic E-state index is 13.5. The minimum Gasteiger partial charge on any atom is -0.508 e. The first kappa shape index (κ1) is 21.8. The monoisotopic (exact) mass is 466 g/mol. The first-order valence-corrected chi connectivity index (χ1v) is 10.8. The quantitative estimate of drug-likeness (QED) is 0.477. The molecule has 0 aromatic heterocycles. The van der Waals surface area contributed by atoms with E-state index in [1.807, 2.05) is 30.3 Å². The Morgan fingerprint density at radius 2 is 1.75 bits per heavy atom. The van der Waals surface area contributed by atoms with Crippen LogP contribution in [-0.2, 0) is 9.59 Å². The molecule has 0 radical (unpaired) electrons. The summed E-state index contributed by atoms with van der Waals surface area (Å²) in [5.41, 5.74) is 1.54. The maximum atomic E-state index is 13.5. The average Bonchev–Trinajstić information content (AvgIpc) is 3.01. The minimum absolute atomic E-state index is 0.0815. The largest absolute Gasteiger partial charge is 0.508 e. The van der Waals surface area contributed by atoms with Gasteiger partial charge in [0.05, 0.1) is 12.8 Å². The Hall–Kier alpha value is -3.42. The molecule has 162 valence electrons. The molecule has 3 aromatic rings. The van der Waals surface area contributed by atoms with E-state index in [2.05, 4.69) is 5.32 Å². The maximum Gasteiger partial charge on any atom is 0.283 e. The second kappa shape index (κ2) is 8.98. The molecule has 0 aliphatic carbocycles. The standard InChI is InChI=1S/C24H19ClN2O4S/c1-14-8-10-16(13-19(14)28)26-21-22(32-17-6-4-3-5-7-17)24(30)27(23(21)29)18-12-15(25)9-11-20(18)31-2/h3-13,26,28H,1-2H3. The number of aryl methyl sites for hydroxylation is 1. The van der Waals surface area contributed by atoms with Crippen molar-refractivity contribution in [3.05, 3.63) is 87.9 Å². The number of aromatic hydroxyl groups is 1. The van der Waals surface area contributed by atoms with Crippen LogP contribution in [-0.4, -0.2) is 24.0 Å².